The van der Waals surface area contributed by atoms with Crippen LogP contribution in [0.25, 0.3) is 0 Å². The van der Waals surface area contributed by atoms with E-state index in [1.807, 2.05) is 0 Å². The normalized spacial score (nSPS) is 10.4. The summed E-state index contributed by atoms with van der Waals surface area (Å²) in [6, 6.07) is 6.50. The zero-order valence-electron chi connectivity index (χ0n) is 11.9. The maximum atomic E-state index is 11.5. The van der Waals surface area contributed by atoms with E-state index in [1.165, 1.54) is 16.7 Å². The van der Waals surface area contributed by atoms with Crippen LogP contribution < -0.4 is 5.32 Å². The van der Waals surface area contributed by atoms with Crippen molar-refractivity contribution in [1.29, 1.82) is 0 Å². The maximum Gasteiger partial charge on any atom is 0.220 e. The molecule has 0 unspecified atom stereocenters. The Kier molecular flexibility index (Phi) is 6.48. The Balaban J connectivity index is 2.24. The zero-order chi connectivity index (χ0) is 13.4. The van der Waals surface area contributed by atoms with Crippen molar-refractivity contribution in [3.05, 3.63) is 34.9 Å². The number of hydrogen-bond donors (Lipinski definition) is 1. The van der Waals surface area contributed by atoms with Gasteiger partial charge in [-0.05, 0) is 43.4 Å². The zero-order valence-corrected chi connectivity index (χ0v) is 11.9. The van der Waals surface area contributed by atoms with Crippen LogP contribution in [-0.4, -0.2) is 12.5 Å². The quantitative estimate of drug-likeness (QED) is 0.734. The maximum absolute atomic E-state index is 11.5. The van der Waals surface area contributed by atoms with E-state index in [0.717, 1.165) is 32.2 Å². The van der Waals surface area contributed by atoms with E-state index in [9.17, 15) is 4.79 Å². The fourth-order valence-corrected chi connectivity index (χ4v) is 1.93. The van der Waals surface area contributed by atoms with Gasteiger partial charge in [-0.2, -0.15) is 0 Å². The molecule has 0 aliphatic rings. The molecular weight excluding hydrogens is 222 g/mol. The lowest BCUT2D eigenvalue weighted by atomic mass is 10.0. The van der Waals surface area contributed by atoms with Gasteiger partial charge in [0.25, 0.3) is 0 Å². The summed E-state index contributed by atoms with van der Waals surface area (Å²) in [6.45, 7) is 7.14. The molecule has 0 heterocycles. The number of hydrogen-bond acceptors (Lipinski definition) is 1. The Hall–Kier alpha value is -1.31. The van der Waals surface area contributed by atoms with Gasteiger partial charge in [-0.25, -0.2) is 0 Å². The van der Waals surface area contributed by atoms with Gasteiger partial charge < -0.3 is 5.32 Å². The van der Waals surface area contributed by atoms with Crippen LogP contribution in [0.3, 0.4) is 0 Å². The molecule has 1 aromatic carbocycles. The van der Waals surface area contributed by atoms with E-state index in [4.69, 9.17) is 0 Å². The lowest BCUT2D eigenvalue weighted by Gasteiger charge is -2.07. The molecule has 1 aromatic rings. The van der Waals surface area contributed by atoms with Gasteiger partial charge in [-0.1, -0.05) is 38.0 Å². The molecule has 0 fully saturated rings. The second-order valence-electron chi connectivity index (χ2n) is 4.98. The molecule has 0 saturated heterocycles. The minimum atomic E-state index is 0.187. The molecule has 0 aliphatic heterocycles. The smallest absolute Gasteiger partial charge is 0.220 e. The van der Waals surface area contributed by atoms with Gasteiger partial charge in [0.2, 0.25) is 5.91 Å². The third-order valence-electron chi connectivity index (χ3n) is 3.31. The lowest BCUT2D eigenvalue weighted by molar-refractivity contribution is -0.121. The summed E-state index contributed by atoms with van der Waals surface area (Å²) in [7, 11) is 0. The lowest BCUT2D eigenvalue weighted by Crippen LogP contribution is -2.25. The number of amides is 1. The Morgan fingerprint density at radius 2 is 1.94 bits per heavy atom. The SMILES string of the molecule is CCCCCC(=O)NCCc1ccc(C)c(C)c1. The van der Waals surface area contributed by atoms with Crippen molar-refractivity contribution in [1.82, 2.24) is 5.32 Å². The van der Waals surface area contributed by atoms with Crippen LogP contribution in [-0.2, 0) is 11.2 Å². The molecule has 0 aliphatic carbocycles. The van der Waals surface area contributed by atoms with E-state index >= 15 is 0 Å². The Bertz CT molecular complexity index is 385. The minimum absolute atomic E-state index is 0.187. The first-order valence-electron chi connectivity index (χ1n) is 6.96. The summed E-state index contributed by atoms with van der Waals surface area (Å²) in [5.41, 5.74) is 3.94. The van der Waals surface area contributed by atoms with Gasteiger partial charge in [0, 0.05) is 13.0 Å². The molecule has 1 rings (SSSR count). The number of carbonyl (C=O) groups excluding carboxylic acids is 1. The van der Waals surface area contributed by atoms with Crippen LogP contribution in [0.15, 0.2) is 18.2 Å². The van der Waals surface area contributed by atoms with Crippen molar-refractivity contribution in [3.63, 3.8) is 0 Å². The monoisotopic (exact) mass is 247 g/mol. The molecule has 0 radical (unpaired) electrons. The summed E-state index contributed by atoms with van der Waals surface area (Å²) in [6.07, 6.45) is 4.90. The van der Waals surface area contributed by atoms with Gasteiger partial charge in [0.15, 0.2) is 0 Å². The van der Waals surface area contributed by atoms with Crippen molar-refractivity contribution in [2.45, 2.75) is 52.9 Å². The van der Waals surface area contributed by atoms with Crippen LogP contribution in [0.4, 0.5) is 0 Å². The minimum Gasteiger partial charge on any atom is -0.356 e. The van der Waals surface area contributed by atoms with E-state index in [1.54, 1.807) is 0 Å². The molecule has 2 nitrogen and oxygen atoms in total. The van der Waals surface area contributed by atoms with Crippen molar-refractivity contribution in [2.24, 2.45) is 0 Å². The van der Waals surface area contributed by atoms with Crippen LogP contribution in [0.2, 0.25) is 0 Å². The molecule has 1 amide bonds. The molecule has 0 aromatic heterocycles. The highest BCUT2D eigenvalue weighted by atomic mass is 16.1. The highest BCUT2D eigenvalue weighted by Crippen LogP contribution is 2.09. The number of rotatable bonds is 7. The molecule has 2 heteroatoms. The van der Waals surface area contributed by atoms with E-state index in [2.05, 4.69) is 44.3 Å². The Morgan fingerprint density at radius 3 is 2.61 bits per heavy atom. The first-order valence-corrected chi connectivity index (χ1v) is 6.96. The van der Waals surface area contributed by atoms with Gasteiger partial charge in [0.05, 0.1) is 0 Å². The summed E-state index contributed by atoms with van der Waals surface area (Å²) in [5, 5.41) is 2.99. The molecule has 0 spiro atoms. The van der Waals surface area contributed by atoms with E-state index in [0.29, 0.717) is 6.42 Å². The molecule has 100 valence electrons. The number of nitrogens with one attached hydrogen (secondary N) is 1. The average molecular weight is 247 g/mol. The van der Waals surface area contributed by atoms with Crippen molar-refractivity contribution >= 4 is 5.91 Å². The molecule has 0 saturated carbocycles. The summed E-state index contributed by atoms with van der Waals surface area (Å²) in [5.74, 6) is 0.187. The fraction of sp³-hybridized carbons (Fsp3) is 0.562. The standard InChI is InChI=1S/C16H25NO/c1-4-5-6-7-16(18)17-11-10-15-9-8-13(2)14(3)12-15/h8-9,12H,4-7,10-11H2,1-3H3,(H,17,18). The number of unbranched alkanes of at least 4 members (excludes halogenated alkanes) is 2. The van der Waals surface area contributed by atoms with Crippen molar-refractivity contribution < 1.29 is 4.79 Å². The third-order valence-corrected chi connectivity index (χ3v) is 3.31. The first-order chi connectivity index (χ1) is 8.63. The van der Waals surface area contributed by atoms with Gasteiger partial charge >= 0.3 is 0 Å². The van der Waals surface area contributed by atoms with Crippen LogP contribution in [0.1, 0.15) is 49.3 Å². The average Bonchev–Trinajstić information content (AvgIpc) is 2.34. The number of aryl methyl sites for hydroxylation is 2. The second-order valence-corrected chi connectivity index (χ2v) is 4.98. The highest BCUT2D eigenvalue weighted by molar-refractivity contribution is 5.75. The topological polar surface area (TPSA) is 29.1 Å². The van der Waals surface area contributed by atoms with Crippen molar-refractivity contribution in [2.75, 3.05) is 6.54 Å². The van der Waals surface area contributed by atoms with Crippen LogP contribution in [0.5, 0.6) is 0 Å². The predicted molar refractivity (Wildman–Crippen MR) is 76.8 cm³/mol. The van der Waals surface area contributed by atoms with Crippen molar-refractivity contribution in [3.8, 4) is 0 Å². The van der Waals surface area contributed by atoms with Crippen LogP contribution >= 0.6 is 0 Å². The molecule has 0 atom stereocenters. The summed E-state index contributed by atoms with van der Waals surface area (Å²) >= 11 is 0. The van der Waals surface area contributed by atoms with Gasteiger partial charge in [0.1, 0.15) is 0 Å². The van der Waals surface area contributed by atoms with E-state index in [-0.39, 0.29) is 5.91 Å². The number of carbonyl (C=O) groups is 1. The van der Waals surface area contributed by atoms with Gasteiger partial charge in [-0.15, -0.1) is 0 Å². The largest absolute Gasteiger partial charge is 0.356 e. The van der Waals surface area contributed by atoms with E-state index < -0.39 is 0 Å². The molecule has 18 heavy (non-hydrogen) atoms. The number of benzene rings is 1. The highest BCUT2D eigenvalue weighted by Gasteiger charge is 2.01. The predicted octanol–water partition coefficient (Wildman–Crippen LogP) is 3.54. The van der Waals surface area contributed by atoms with Gasteiger partial charge in [-0.3, -0.25) is 4.79 Å². The Morgan fingerprint density at radius 1 is 1.17 bits per heavy atom. The summed E-state index contributed by atoms with van der Waals surface area (Å²) < 4.78 is 0. The fourth-order valence-electron chi connectivity index (χ4n) is 1.93. The Labute approximate surface area is 111 Å². The second kappa shape index (κ2) is 7.91. The molecular formula is C16H25NO. The van der Waals surface area contributed by atoms with Crippen LogP contribution in [0, 0.1) is 13.8 Å². The third kappa shape index (κ3) is 5.35. The first kappa shape index (κ1) is 14.7. The molecule has 1 N–H and O–H groups in total. The summed E-state index contributed by atoms with van der Waals surface area (Å²) in [4.78, 5) is 11.5. The molecule has 0 bridgehead atoms.